The number of rotatable bonds is 5. The second-order valence-corrected chi connectivity index (χ2v) is 7.22. The van der Waals surface area contributed by atoms with E-state index in [2.05, 4.69) is 4.72 Å². The third-order valence-corrected chi connectivity index (χ3v) is 5.81. The van der Waals surface area contributed by atoms with Gasteiger partial charge in [0.25, 0.3) is 10.0 Å². The van der Waals surface area contributed by atoms with Gasteiger partial charge in [-0.1, -0.05) is 13.0 Å². The van der Waals surface area contributed by atoms with Gasteiger partial charge in [-0.15, -0.1) is 11.3 Å². The van der Waals surface area contributed by atoms with Crippen molar-refractivity contribution in [3.8, 4) is 0 Å². The Bertz CT molecular complexity index is 783. The summed E-state index contributed by atoms with van der Waals surface area (Å²) in [5.41, 5.74) is -0.998. The van der Waals surface area contributed by atoms with Crippen LogP contribution in [0, 0.1) is 5.82 Å². The van der Waals surface area contributed by atoms with Gasteiger partial charge in [0.15, 0.2) is 0 Å². The first-order valence-corrected chi connectivity index (χ1v) is 8.28. The van der Waals surface area contributed by atoms with Crippen molar-refractivity contribution < 1.29 is 22.7 Å². The number of thiophene rings is 1. The van der Waals surface area contributed by atoms with Crippen molar-refractivity contribution in [3.63, 3.8) is 0 Å². The monoisotopic (exact) mass is 329 g/mol. The average molecular weight is 329 g/mol. The largest absolute Gasteiger partial charge is 0.478 e. The molecule has 0 aliphatic rings. The first kappa shape index (κ1) is 15.5. The molecule has 0 unspecified atom stereocenters. The lowest BCUT2D eigenvalue weighted by atomic mass is 10.2. The van der Waals surface area contributed by atoms with Crippen molar-refractivity contribution in [2.24, 2.45) is 0 Å². The number of aryl methyl sites for hydroxylation is 1. The van der Waals surface area contributed by atoms with Crippen LogP contribution in [-0.4, -0.2) is 19.5 Å². The van der Waals surface area contributed by atoms with E-state index in [1.54, 1.807) is 6.07 Å². The Kier molecular flexibility index (Phi) is 4.29. The average Bonchev–Trinajstić information content (AvgIpc) is 2.87. The second kappa shape index (κ2) is 5.82. The molecule has 1 heterocycles. The zero-order valence-corrected chi connectivity index (χ0v) is 12.6. The third-order valence-electron chi connectivity index (χ3n) is 2.72. The molecule has 0 spiro atoms. The molecule has 0 fully saturated rings. The van der Waals surface area contributed by atoms with Gasteiger partial charge in [0.1, 0.15) is 15.6 Å². The van der Waals surface area contributed by atoms with E-state index in [0.717, 1.165) is 22.3 Å². The number of nitrogens with one attached hydrogen (secondary N) is 1. The van der Waals surface area contributed by atoms with Crippen LogP contribution in [0.3, 0.4) is 0 Å². The number of hydrogen-bond acceptors (Lipinski definition) is 4. The molecular formula is C13H12FNO4S2. The Morgan fingerprint density at radius 1 is 1.33 bits per heavy atom. The first-order valence-electron chi connectivity index (χ1n) is 5.98. The number of aromatic carboxylic acids is 1. The molecule has 0 aliphatic carbocycles. The van der Waals surface area contributed by atoms with Crippen LogP contribution in [-0.2, 0) is 16.4 Å². The van der Waals surface area contributed by atoms with Crippen molar-refractivity contribution in [1.29, 1.82) is 0 Å². The van der Waals surface area contributed by atoms with Crippen LogP contribution in [0.25, 0.3) is 0 Å². The molecule has 2 rings (SSSR count). The summed E-state index contributed by atoms with van der Waals surface area (Å²) in [5.74, 6) is -2.53. The third kappa shape index (κ3) is 3.22. The van der Waals surface area contributed by atoms with Crippen molar-refractivity contribution >= 4 is 33.0 Å². The summed E-state index contributed by atoms with van der Waals surface area (Å²) >= 11 is 1.09. The number of carboxylic acids is 1. The molecule has 1 aromatic heterocycles. The van der Waals surface area contributed by atoms with Crippen LogP contribution in [0.15, 0.2) is 34.5 Å². The molecule has 0 amide bonds. The molecule has 0 saturated carbocycles. The fourth-order valence-electron chi connectivity index (χ4n) is 1.71. The standard InChI is InChI=1S/C13H12FNO4S2/c1-2-8-6-7-11(20-8)21(18,19)15-10-5-3-4-9(14)12(10)13(16)17/h3-7,15H,2H2,1H3,(H,16,17). The number of sulfonamides is 1. The van der Waals surface area contributed by atoms with E-state index < -0.39 is 27.4 Å². The zero-order valence-electron chi connectivity index (χ0n) is 11.0. The van der Waals surface area contributed by atoms with Gasteiger partial charge in [-0.05, 0) is 30.7 Å². The molecule has 0 radical (unpaired) electrons. The molecule has 2 aromatic rings. The minimum absolute atomic E-state index is 0.0555. The van der Waals surface area contributed by atoms with Crippen LogP contribution in [0.1, 0.15) is 22.2 Å². The minimum atomic E-state index is -3.94. The highest BCUT2D eigenvalue weighted by molar-refractivity contribution is 7.94. The predicted octanol–water partition coefficient (Wildman–Crippen LogP) is 2.95. The molecule has 0 saturated heterocycles. The van der Waals surface area contributed by atoms with Gasteiger partial charge in [-0.2, -0.15) is 0 Å². The molecular weight excluding hydrogens is 317 g/mol. The van der Waals surface area contributed by atoms with Crippen LogP contribution < -0.4 is 4.72 Å². The molecule has 8 heteroatoms. The minimum Gasteiger partial charge on any atom is -0.478 e. The Morgan fingerprint density at radius 3 is 2.62 bits per heavy atom. The Balaban J connectivity index is 2.42. The molecule has 21 heavy (non-hydrogen) atoms. The summed E-state index contributed by atoms with van der Waals surface area (Å²) in [5, 5.41) is 8.98. The van der Waals surface area contributed by atoms with E-state index in [-0.39, 0.29) is 9.90 Å². The van der Waals surface area contributed by atoms with Crippen LogP contribution in [0.5, 0.6) is 0 Å². The van der Waals surface area contributed by atoms with E-state index in [1.807, 2.05) is 6.92 Å². The topological polar surface area (TPSA) is 83.5 Å². The van der Waals surface area contributed by atoms with E-state index in [9.17, 15) is 17.6 Å². The van der Waals surface area contributed by atoms with Crippen molar-refractivity contribution in [2.45, 2.75) is 17.6 Å². The highest BCUT2D eigenvalue weighted by Gasteiger charge is 2.22. The highest BCUT2D eigenvalue weighted by atomic mass is 32.2. The Labute approximate surface area is 125 Å². The van der Waals surface area contributed by atoms with Crippen LogP contribution in [0.2, 0.25) is 0 Å². The smallest absolute Gasteiger partial charge is 0.340 e. The zero-order chi connectivity index (χ0) is 15.6. The van der Waals surface area contributed by atoms with Gasteiger partial charge >= 0.3 is 5.97 Å². The van der Waals surface area contributed by atoms with E-state index >= 15 is 0 Å². The molecule has 1 aromatic carbocycles. The van der Waals surface area contributed by atoms with Gasteiger partial charge in [-0.25, -0.2) is 17.6 Å². The molecule has 112 valence electrons. The first-order chi connectivity index (χ1) is 9.85. The van der Waals surface area contributed by atoms with Gasteiger partial charge in [-0.3, -0.25) is 4.72 Å². The number of carbonyl (C=O) groups is 1. The normalized spacial score (nSPS) is 11.3. The maximum Gasteiger partial charge on any atom is 0.340 e. The molecule has 0 aliphatic heterocycles. The lowest BCUT2D eigenvalue weighted by molar-refractivity contribution is 0.0693. The fraction of sp³-hybridized carbons (Fsp3) is 0.154. The Hall–Kier alpha value is -1.93. The van der Waals surface area contributed by atoms with E-state index in [1.165, 1.54) is 18.2 Å². The quantitative estimate of drug-likeness (QED) is 0.883. The summed E-state index contributed by atoms with van der Waals surface area (Å²) < 4.78 is 40.1. The highest BCUT2D eigenvalue weighted by Crippen LogP contribution is 2.26. The molecule has 0 bridgehead atoms. The number of carboxylic acid groups (broad SMARTS) is 1. The fourth-order valence-corrected chi connectivity index (χ4v) is 4.08. The lowest BCUT2D eigenvalue weighted by Crippen LogP contribution is -2.15. The molecule has 2 N–H and O–H groups in total. The molecule has 0 atom stereocenters. The van der Waals surface area contributed by atoms with Gasteiger partial charge in [0.2, 0.25) is 0 Å². The van der Waals surface area contributed by atoms with Gasteiger partial charge in [0.05, 0.1) is 5.69 Å². The van der Waals surface area contributed by atoms with Gasteiger partial charge in [0, 0.05) is 4.88 Å². The van der Waals surface area contributed by atoms with E-state index in [4.69, 9.17) is 5.11 Å². The summed E-state index contributed by atoms with van der Waals surface area (Å²) in [6.45, 7) is 1.89. The molecule has 5 nitrogen and oxygen atoms in total. The lowest BCUT2D eigenvalue weighted by Gasteiger charge is -2.09. The maximum atomic E-state index is 13.5. The van der Waals surface area contributed by atoms with Gasteiger partial charge < -0.3 is 5.11 Å². The summed E-state index contributed by atoms with van der Waals surface area (Å²) in [4.78, 5) is 11.9. The number of anilines is 1. The summed E-state index contributed by atoms with van der Waals surface area (Å²) in [7, 11) is -3.94. The Morgan fingerprint density at radius 2 is 2.05 bits per heavy atom. The number of benzene rings is 1. The predicted molar refractivity (Wildman–Crippen MR) is 77.9 cm³/mol. The number of halogens is 1. The van der Waals surface area contributed by atoms with Crippen LogP contribution >= 0.6 is 11.3 Å². The SMILES string of the molecule is CCc1ccc(S(=O)(=O)Nc2cccc(F)c2C(=O)O)s1. The van der Waals surface area contributed by atoms with Crippen molar-refractivity contribution in [2.75, 3.05) is 4.72 Å². The summed E-state index contributed by atoms with van der Waals surface area (Å²) in [6.07, 6.45) is 0.695. The van der Waals surface area contributed by atoms with Crippen molar-refractivity contribution in [3.05, 3.63) is 46.6 Å². The second-order valence-electron chi connectivity index (χ2n) is 4.15. The number of hydrogen-bond donors (Lipinski definition) is 2. The summed E-state index contributed by atoms with van der Waals surface area (Å²) in [6, 6.07) is 6.53. The van der Waals surface area contributed by atoms with Crippen LogP contribution in [0.4, 0.5) is 10.1 Å². The van der Waals surface area contributed by atoms with E-state index in [0.29, 0.717) is 6.42 Å². The van der Waals surface area contributed by atoms with Crippen molar-refractivity contribution in [1.82, 2.24) is 0 Å². The maximum absolute atomic E-state index is 13.5.